The van der Waals surface area contributed by atoms with Gasteiger partial charge in [-0.2, -0.15) is 10.4 Å². The molecule has 1 aliphatic heterocycles. The molecule has 2 aromatic carbocycles. The number of benzene rings is 2. The Bertz CT molecular complexity index is 1170. The van der Waals surface area contributed by atoms with Crippen molar-refractivity contribution in [2.45, 2.75) is 13.3 Å². The van der Waals surface area contributed by atoms with Crippen LogP contribution in [-0.4, -0.2) is 34.0 Å². The first-order valence-electron chi connectivity index (χ1n) is 9.11. The highest BCUT2D eigenvalue weighted by atomic mass is 35.5. The van der Waals surface area contributed by atoms with Crippen molar-refractivity contribution in [2.75, 3.05) is 11.9 Å². The summed E-state index contributed by atoms with van der Waals surface area (Å²) in [6.45, 7) is 1.95. The van der Waals surface area contributed by atoms with Crippen LogP contribution >= 0.6 is 11.6 Å². The number of nitro groups is 1. The smallest absolute Gasteiger partial charge is 0.288 e. The number of hydrogen-bond acceptors (Lipinski definition) is 6. The monoisotopic (exact) mass is 437 g/mol. The number of nitro benzene ring substituents is 1. The molecule has 0 atom stereocenters. The first-order valence-corrected chi connectivity index (χ1v) is 9.49. The number of hydrazone groups is 1. The second kappa shape index (κ2) is 9.19. The van der Waals surface area contributed by atoms with Gasteiger partial charge in [0.05, 0.1) is 35.2 Å². The SMILES string of the molecule is CC1=NN(CCC#N)C(=O)/C1=C\c1ccc(NC(=O)c2ccc(Cl)c([N+](=O)[O-])c2)cc1. The molecule has 10 heteroatoms. The molecule has 1 heterocycles. The minimum Gasteiger partial charge on any atom is -0.322 e. The van der Waals surface area contributed by atoms with E-state index >= 15 is 0 Å². The predicted octanol–water partition coefficient (Wildman–Crippen LogP) is 4.02. The van der Waals surface area contributed by atoms with E-state index in [4.69, 9.17) is 16.9 Å². The number of nitriles is 1. The molecule has 0 saturated carbocycles. The maximum Gasteiger partial charge on any atom is 0.288 e. The molecule has 0 saturated heterocycles. The van der Waals surface area contributed by atoms with Crippen molar-refractivity contribution < 1.29 is 14.5 Å². The summed E-state index contributed by atoms with van der Waals surface area (Å²) in [5.74, 6) is -0.789. The molecule has 31 heavy (non-hydrogen) atoms. The van der Waals surface area contributed by atoms with E-state index in [-0.39, 0.29) is 35.1 Å². The summed E-state index contributed by atoms with van der Waals surface area (Å²) in [5.41, 5.74) is 1.94. The summed E-state index contributed by atoms with van der Waals surface area (Å²) in [6.07, 6.45) is 1.88. The standard InChI is InChI=1S/C21H16ClN5O4/c1-13-17(21(29)26(25-13)10-2-9-23)11-14-3-6-16(7-4-14)24-20(28)15-5-8-18(22)19(12-15)27(30)31/h3-8,11-12H,2,10H2,1H3,(H,24,28)/b17-11-. The van der Waals surface area contributed by atoms with Crippen LogP contribution in [0.2, 0.25) is 5.02 Å². The van der Waals surface area contributed by atoms with Gasteiger partial charge >= 0.3 is 0 Å². The molecular formula is C21H16ClN5O4. The minimum atomic E-state index is -0.654. The Hall–Kier alpha value is -4.03. The Labute approximate surface area is 182 Å². The molecule has 9 nitrogen and oxygen atoms in total. The lowest BCUT2D eigenvalue weighted by molar-refractivity contribution is -0.384. The van der Waals surface area contributed by atoms with Gasteiger partial charge in [-0.25, -0.2) is 5.01 Å². The van der Waals surface area contributed by atoms with Gasteiger partial charge in [-0.15, -0.1) is 0 Å². The molecule has 1 aliphatic rings. The maximum atomic E-state index is 12.4. The van der Waals surface area contributed by atoms with Gasteiger partial charge in [-0.3, -0.25) is 19.7 Å². The normalized spacial score (nSPS) is 14.4. The molecule has 3 rings (SSSR count). The van der Waals surface area contributed by atoms with Crippen LogP contribution in [0.25, 0.3) is 6.08 Å². The van der Waals surface area contributed by atoms with Crippen molar-refractivity contribution in [3.63, 3.8) is 0 Å². The van der Waals surface area contributed by atoms with Gasteiger partial charge in [0, 0.05) is 17.3 Å². The fraction of sp³-hybridized carbons (Fsp3) is 0.143. The summed E-state index contributed by atoms with van der Waals surface area (Å²) in [6, 6.07) is 12.5. The highest BCUT2D eigenvalue weighted by Gasteiger charge is 2.26. The van der Waals surface area contributed by atoms with Gasteiger partial charge in [0.15, 0.2) is 0 Å². The molecule has 0 aromatic heterocycles. The van der Waals surface area contributed by atoms with Crippen molar-refractivity contribution in [3.8, 4) is 6.07 Å². The van der Waals surface area contributed by atoms with E-state index in [1.165, 1.54) is 17.1 Å². The molecule has 0 spiro atoms. The summed E-state index contributed by atoms with van der Waals surface area (Å²) in [7, 11) is 0. The number of carbonyl (C=O) groups is 2. The van der Waals surface area contributed by atoms with Gasteiger partial charge in [0.25, 0.3) is 17.5 Å². The summed E-state index contributed by atoms with van der Waals surface area (Å²) in [5, 5.41) is 27.7. The van der Waals surface area contributed by atoms with Crippen LogP contribution in [0.5, 0.6) is 0 Å². The minimum absolute atomic E-state index is 0.0505. The fourth-order valence-corrected chi connectivity index (χ4v) is 3.06. The Balaban J connectivity index is 1.72. The molecule has 0 aliphatic carbocycles. The molecule has 1 N–H and O–H groups in total. The van der Waals surface area contributed by atoms with Gasteiger partial charge in [0.1, 0.15) is 5.02 Å². The first kappa shape index (κ1) is 21.7. The van der Waals surface area contributed by atoms with E-state index in [0.29, 0.717) is 17.0 Å². The summed E-state index contributed by atoms with van der Waals surface area (Å²) >= 11 is 5.77. The van der Waals surface area contributed by atoms with Crippen LogP contribution in [0, 0.1) is 21.4 Å². The number of halogens is 1. The average Bonchev–Trinajstić information content (AvgIpc) is 3.01. The Morgan fingerprint density at radius 3 is 2.68 bits per heavy atom. The molecular weight excluding hydrogens is 422 g/mol. The third-order valence-electron chi connectivity index (χ3n) is 4.45. The molecule has 0 radical (unpaired) electrons. The Kier molecular flexibility index (Phi) is 6.43. The van der Waals surface area contributed by atoms with Crippen molar-refractivity contribution in [2.24, 2.45) is 5.10 Å². The van der Waals surface area contributed by atoms with Gasteiger partial charge in [0.2, 0.25) is 0 Å². The van der Waals surface area contributed by atoms with Crippen LogP contribution in [-0.2, 0) is 4.79 Å². The number of rotatable bonds is 6. The van der Waals surface area contributed by atoms with Crippen molar-refractivity contribution in [1.82, 2.24) is 5.01 Å². The van der Waals surface area contributed by atoms with Crippen LogP contribution < -0.4 is 5.32 Å². The number of amides is 2. The zero-order chi connectivity index (χ0) is 22.5. The van der Waals surface area contributed by atoms with E-state index < -0.39 is 10.8 Å². The number of nitrogens with one attached hydrogen (secondary N) is 1. The van der Waals surface area contributed by atoms with E-state index in [1.807, 2.05) is 6.07 Å². The van der Waals surface area contributed by atoms with Crippen molar-refractivity contribution >= 4 is 46.6 Å². The van der Waals surface area contributed by atoms with Crippen molar-refractivity contribution in [3.05, 3.63) is 74.3 Å². The zero-order valence-electron chi connectivity index (χ0n) is 16.3. The Morgan fingerprint density at radius 2 is 2.03 bits per heavy atom. The highest BCUT2D eigenvalue weighted by molar-refractivity contribution is 6.32. The zero-order valence-corrected chi connectivity index (χ0v) is 17.1. The topological polar surface area (TPSA) is 129 Å². The largest absolute Gasteiger partial charge is 0.322 e. The highest BCUT2D eigenvalue weighted by Crippen LogP contribution is 2.26. The number of hydrogen-bond donors (Lipinski definition) is 1. The molecule has 2 amide bonds. The lowest BCUT2D eigenvalue weighted by Crippen LogP contribution is -2.22. The van der Waals surface area contributed by atoms with Gasteiger partial charge < -0.3 is 5.32 Å². The lowest BCUT2D eigenvalue weighted by Gasteiger charge is -2.08. The van der Waals surface area contributed by atoms with Crippen LogP contribution in [0.3, 0.4) is 0 Å². The van der Waals surface area contributed by atoms with Crippen LogP contribution in [0.4, 0.5) is 11.4 Å². The van der Waals surface area contributed by atoms with Gasteiger partial charge in [-0.1, -0.05) is 23.7 Å². The lowest BCUT2D eigenvalue weighted by atomic mass is 10.1. The molecule has 0 unspecified atom stereocenters. The summed E-state index contributed by atoms with van der Waals surface area (Å²) in [4.78, 5) is 35.1. The second-order valence-electron chi connectivity index (χ2n) is 6.58. The molecule has 156 valence electrons. The van der Waals surface area contributed by atoms with E-state index in [1.54, 1.807) is 37.3 Å². The molecule has 0 bridgehead atoms. The quantitative estimate of drug-likeness (QED) is 0.414. The summed E-state index contributed by atoms with van der Waals surface area (Å²) < 4.78 is 0. The maximum absolute atomic E-state index is 12.4. The Morgan fingerprint density at radius 1 is 1.32 bits per heavy atom. The average molecular weight is 438 g/mol. The van der Waals surface area contributed by atoms with Crippen LogP contribution in [0.1, 0.15) is 29.3 Å². The third-order valence-corrected chi connectivity index (χ3v) is 4.76. The van der Waals surface area contributed by atoms with Gasteiger partial charge in [-0.05, 0) is 42.8 Å². The van der Waals surface area contributed by atoms with Crippen LogP contribution in [0.15, 0.2) is 53.1 Å². The predicted molar refractivity (Wildman–Crippen MR) is 116 cm³/mol. The first-order chi connectivity index (χ1) is 14.8. The molecule has 0 fully saturated rings. The number of carbonyl (C=O) groups excluding carboxylic acids is 2. The molecule has 2 aromatic rings. The number of anilines is 1. The van der Waals surface area contributed by atoms with E-state index in [2.05, 4.69) is 10.4 Å². The number of nitrogens with zero attached hydrogens (tertiary/aromatic N) is 4. The fourth-order valence-electron chi connectivity index (χ4n) is 2.87. The van der Waals surface area contributed by atoms with E-state index in [0.717, 1.165) is 11.6 Å². The van der Waals surface area contributed by atoms with E-state index in [9.17, 15) is 19.7 Å². The second-order valence-corrected chi connectivity index (χ2v) is 6.99. The van der Waals surface area contributed by atoms with Crippen molar-refractivity contribution in [1.29, 1.82) is 5.26 Å². The third kappa shape index (κ3) is 4.94.